The van der Waals surface area contributed by atoms with E-state index in [0.717, 1.165) is 5.56 Å². The minimum Gasteiger partial charge on any atom is -0.347 e. The van der Waals surface area contributed by atoms with Gasteiger partial charge in [0, 0.05) is 18.4 Å². The Morgan fingerprint density at radius 1 is 1.41 bits per heavy atom. The van der Waals surface area contributed by atoms with Gasteiger partial charge in [-0.15, -0.1) is 0 Å². The minimum absolute atomic E-state index is 0.00106. The monoisotopic (exact) mass is 320 g/mol. The van der Waals surface area contributed by atoms with Gasteiger partial charge in [0.1, 0.15) is 17.8 Å². The number of nitrogens with one attached hydrogen (secondary N) is 1. The standard InChI is InChI=1S/C14H16N4O3S/c1-10-6-12(17-13(7-10)18-4-3-15-9-18)14(19)16-11-2-5-22(20,21)8-11/h3-4,6-7,9,11H,2,5,8H2,1H3,(H,16,19)/t11-/m0/s1. The second-order valence-corrected chi connectivity index (χ2v) is 7.66. The fourth-order valence-electron chi connectivity index (χ4n) is 2.46. The SMILES string of the molecule is Cc1cc(C(=O)N[C@H]2CCS(=O)(=O)C2)nc(-n2ccnc2)c1. The van der Waals surface area contributed by atoms with Crippen LogP contribution in [0.3, 0.4) is 0 Å². The van der Waals surface area contributed by atoms with Crippen LogP contribution in [0.1, 0.15) is 22.5 Å². The third-order valence-electron chi connectivity index (χ3n) is 3.53. The van der Waals surface area contributed by atoms with E-state index in [2.05, 4.69) is 15.3 Å². The molecular weight excluding hydrogens is 304 g/mol. The lowest BCUT2D eigenvalue weighted by molar-refractivity contribution is 0.0936. The van der Waals surface area contributed by atoms with Crippen molar-refractivity contribution in [2.24, 2.45) is 0 Å². The van der Waals surface area contributed by atoms with E-state index in [1.54, 1.807) is 29.4 Å². The molecule has 1 atom stereocenters. The molecule has 0 bridgehead atoms. The molecule has 0 saturated carbocycles. The number of aryl methyl sites for hydroxylation is 1. The normalized spacial score (nSPS) is 20.0. The average molecular weight is 320 g/mol. The minimum atomic E-state index is -3.02. The van der Waals surface area contributed by atoms with Crippen LogP contribution < -0.4 is 5.32 Å². The number of nitrogens with zero attached hydrogens (tertiary/aromatic N) is 3. The summed E-state index contributed by atoms with van der Waals surface area (Å²) in [6.07, 6.45) is 5.43. The molecule has 1 aliphatic heterocycles. The highest BCUT2D eigenvalue weighted by molar-refractivity contribution is 7.91. The first-order valence-corrected chi connectivity index (χ1v) is 8.73. The van der Waals surface area contributed by atoms with Gasteiger partial charge in [-0.25, -0.2) is 18.4 Å². The van der Waals surface area contributed by atoms with Crippen molar-refractivity contribution in [3.05, 3.63) is 42.1 Å². The number of carbonyl (C=O) groups excluding carboxylic acids is 1. The summed E-state index contributed by atoms with van der Waals surface area (Å²) < 4.78 is 24.6. The molecule has 2 aromatic heterocycles. The molecule has 3 rings (SSSR count). The summed E-state index contributed by atoms with van der Waals surface area (Å²) >= 11 is 0. The van der Waals surface area contributed by atoms with Crippen LogP contribution in [-0.2, 0) is 9.84 Å². The Bertz CT molecular complexity index is 800. The van der Waals surface area contributed by atoms with Crippen molar-refractivity contribution in [2.75, 3.05) is 11.5 Å². The Morgan fingerprint density at radius 2 is 2.23 bits per heavy atom. The number of hydrogen-bond acceptors (Lipinski definition) is 5. The molecule has 0 aliphatic carbocycles. The van der Waals surface area contributed by atoms with E-state index in [4.69, 9.17) is 0 Å². The van der Waals surface area contributed by atoms with Gasteiger partial charge in [0.15, 0.2) is 9.84 Å². The smallest absolute Gasteiger partial charge is 0.270 e. The molecular formula is C14H16N4O3S. The lowest BCUT2D eigenvalue weighted by atomic mass is 10.2. The number of imidazole rings is 1. The Balaban J connectivity index is 1.81. The molecule has 116 valence electrons. The molecule has 22 heavy (non-hydrogen) atoms. The van der Waals surface area contributed by atoms with Gasteiger partial charge in [-0.3, -0.25) is 9.36 Å². The molecule has 7 nitrogen and oxygen atoms in total. The zero-order chi connectivity index (χ0) is 15.7. The van der Waals surface area contributed by atoms with Crippen LogP contribution in [0, 0.1) is 6.92 Å². The van der Waals surface area contributed by atoms with Crippen molar-refractivity contribution < 1.29 is 13.2 Å². The maximum absolute atomic E-state index is 12.3. The average Bonchev–Trinajstić information content (AvgIpc) is 3.08. The number of aromatic nitrogens is 3. The molecule has 0 spiro atoms. The Morgan fingerprint density at radius 3 is 2.86 bits per heavy atom. The lowest BCUT2D eigenvalue weighted by Crippen LogP contribution is -2.36. The molecule has 1 amide bonds. The summed E-state index contributed by atoms with van der Waals surface area (Å²) in [5.41, 5.74) is 1.16. The van der Waals surface area contributed by atoms with Crippen LogP contribution in [0.15, 0.2) is 30.9 Å². The quantitative estimate of drug-likeness (QED) is 0.888. The van der Waals surface area contributed by atoms with Gasteiger partial charge in [0.2, 0.25) is 0 Å². The molecule has 1 fully saturated rings. The van der Waals surface area contributed by atoms with Crippen molar-refractivity contribution in [3.8, 4) is 5.82 Å². The van der Waals surface area contributed by atoms with Crippen molar-refractivity contribution in [1.82, 2.24) is 19.9 Å². The second-order valence-electron chi connectivity index (χ2n) is 5.43. The summed E-state index contributed by atoms with van der Waals surface area (Å²) in [4.78, 5) is 20.6. The van der Waals surface area contributed by atoms with Gasteiger partial charge in [-0.2, -0.15) is 0 Å². The van der Waals surface area contributed by atoms with Crippen molar-refractivity contribution in [3.63, 3.8) is 0 Å². The second kappa shape index (κ2) is 5.53. The number of hydrogen-bond donors (Lipinski definition) is 1. The fourth-order valence-corrected chi connectivity index (χ4v) is 4.13. The van der Waals surface area contributed by atoms with Gasteiger partial charge in [-0.1, -0.05) is 0 Å². The van der Waals surface area contributed by atoms with Gasteiger partial charge in [-0.05, 0) is 31.0 Å². The molecule has 1 aliphatic rings. The highest BCUT2D eigenvalue weighted by Crippen LogP contribution is 2.13. The van der Waals surface area contributed by atoms with E-state index in [1.165, 1.54) is 0 Å². The van der Waals surface area contributed by atoms with Gasteiger partial charge >= 0.3 is 0 Å². The molecule has 0 radical (unpaired) electrons. The predicted molar refractivity (Wildman–Crippen MR) is 80.6 cm³/mol. The number of sulfone groups is 1. The van der Waals surface area contributed by atoms with Crippen molar-refractivity contribution in [1.29, 1.82) is 0 Å². The first-order valence-electron chi connectivity index (χ1n) is 6.91. The van der Waals surface area contributed by atoms with Crippen LogP contribution in [0.4, 0.5) is 0 Å². The molecule has 8 heteroatoms. The van der Waals surface area contributed by atoms with Crippen LogP contribution in [0.2, 0.25) is 0 Å². The third-order valence-corrected chi connectivity index (χ3v) is 5.29. The van der Waals surface area contributed by atoms with Crippen LogP contribution in [0.5, 0.6) is 0 Å². The fraction of sp³-hybridized carbons (Fsp3) is 0.357. The highest BCUT2D eigenvalue weighted by atomic mass is 32.2. The Hall–Kier alpha value is -2.22. The Kier molecular flexibility index (Phi) is 3.69. The van der Waals surface area contributed by atoms with Crippen molar-refractivity contribution >= 4 is 15.7 Å². The molecule has 2 aromatic rings. The topological polar surface area (TPSA) is 94.0 Å². The largest absolute Gasteiger partial charge is 0.347 e. The molecule has 3 heterocycles. The number of pyridine rings is 1. The summed E-state index contributed by atoms with van der Waals surface area (Å²) in [5.74, 6) is 0.368. The number of rotatable bonds is 3. The maximum atomic E-state index is 12.3. The summed E-state index contributed by atoms with van der Waals surface area (Å²) in [6.45, 7) is 1.87. The van der Waals surface area contributed by atoms with E-state index < -0.39 is 9.84 Å². The molecule has 1 saturated heterocycles. The lowest BCUT2D eigenvalue weighted by Gasteiger charge is -2.12. The van der Waals surface area contributed by atoms with E-state index in [0.29, 0.717) is 12.2 Å². The molecule has 1 N–H and O–H groups in total. The van der Waals surface area contributed by atoms with Crippen LogP contribution in [-0.4, -0.2) is 46.4 Å². The zero-order valence-corrected chi connectivity index (χ0v) is 12.9. The van der Waals surface area contributed by atoms with E-state index in [-0.39, 0.29) is 29.1 Å². The van der Waals surface area contributed by atoms with Crippen LogP contribution in [0.25, 0.3) is 5.82 Å². The number of amides is 1. The van der Waals surface area contributed by atoms with Gasteiger partial charge in [0.05, 0.1) is 11.5 Å². The molecule has 0 aromatic carbocycles. The first-order chi connectivity index (χ1) is 10.4. The zero-order valence-electron chi connectivity index (χ0n) is 12.1. The van der Waals surface area contributed by atoms with E-state index in [1.807, 2.05) is 13.0 Å². The molecule has 0 unspecified atom stereocenters. The van der Waals surface area contributed by atoms with Gasteiger partial charge in [0.25, 0.3) is 5.91 Å². The van der Waals surface area contributed by atoms with Crippen LogP contribution >= 0.6 is 0 Å². The third kappa shape index (κ3) is 3.16. The van der Waals surface area contributed by atoms with Gasteiger partial charge < -0.3 is 5.32 Å². The van der Waals surface area contributed by atoms with Crippen molar-refractivity contribution in [2.45, 2.75) is 19.4 Å². The first kappa shape index (κ1) is 14.7. The number of carbonyl (C=O) groups is 1. The van der Waals surface area contributed by atoms with E-state index in [9.17, 15) is 13.2 Å². The summed E-state index contributed by atoms with van der Waals surface area (Å²) in [5, 5.41) is 2.75. The predicted octanol–water partition coefficient (Wildman–Crippen LogP) is 0.493. The van der Waals surface area contributed by atoms with E-state index >= 15 is 0 Å². The summed E-state index contributed by atoms with van der Waals surface area (Å²) in [6, 6.07) is 3.19. The summed E-state index contributed by atoms with van der Waals surface area (Å²) in [7, 11) is -3.02. The maximum Gasteiger partial charge on any atom is 0.270 e. The highest BCUT2D eigenvalue weighted by Gasteiger charge is 2.29. The Labute approximate surface area is 128 Å².